The monoisotopic (exact) mass is 234 g/mol. The summed E-state index contributed by atoms with van der Waals surface area (Å²) in [7, 11) is 1.82. The van der Waals surface area contributed by atoms with E-state index in [1.807, 2.05) is 11.9 Å². The van der Waals surface area contributed by atoms with Crippen LogP contribution in [0.15, 0.2) is 12.3 Å². The summed E-state index contributed by atoms with van der Waals surface area (Å²) < 4.78 is 1.65. The van der Waals surface area contributed by atoms with Gasteiger partial charge in [0.2, 0.25) is 0 Å². The zero-order valence-corrected chi connectivity index (χ0v) is 10.1. The maximum absolute atomic E-state index is 12.3. The largest absolute Gasteiger partial charge is 0.337 e. The Balaban J connectivity index is 1.75. The number of aromatic nitrogens is 2. The Bertz CT molecular complexity index is 433. The van der Waals surface area contributed by atoms with Gasteiger partial charge in [0.1, 0.15) is 5.69 Å². The average molecular weight is 234 g/mol. The van der Waals surface area contributed by atoms with Gasteiger partial charge in [-0.05, 0) is 25.5 Å². The van der Waals surface area contributed by atoms with Crippen LogP contribution in [0, 0.1) is 5.41 Å². The quantitative estimate of drug-likeness (QED) is 0.757. The first-order valence-corrected chi connectivity index (χ1v) is 6.18. The number of carbonyl (C=O) groups excluding carboxylic acids is 1. The molecule has 1 spiro atoms. The molecular weight excluding hydrogens is 216 g/mol. The highest BCUT2D eigenvalue weighted by Gasteiger charge is 2.42. The van der Waals surface area contributed by atoms with Crippen LogP contribution >= 0.6 is 0 Å². The summed E-state index contributed by atoms with van der Waals surface area (Å²) in [4.78, 5) is 14.3. The lowest BCUT2D eigenvalue weighted by molar-refractivity contribution is 0.0765. The van der Waals surface area contributed by atoms with Crippen molar-refractivity contribution in [2.24, 2.45) is 12.5 Å². The van der Waals surface area contributed by atoms with Crippen molar-refractivity contribution in [1.29, 1.82) is 0 Å². The summed E-state index contributed by atoms with van der Waals surface area (Å²) in [5.74, 6) is 0.119. The molecule has 0 bridgehead atoms. The van der Waals surface area contributed by atoms with Crippen molar-refractivity contribution >= 4 is 5.91 Å². The highest BCUT2D eigenvalue weighted by atomic mass is 16.2. The Morgan fingerprint density at radius 2 is 2.41 bits per heavy atom. The number of carbonyl (C=O) groups is 1. The number of hydrogen-bond donors (Lipinski definition) is 1. The molecule has 92 valence electrons. The molecule has 2 aliphatic heterocycles. The minimum absolute atomic E-state index is 0.119. The van der Waals surface area contributed by atoms with Crippen molar-refractivity contribution in [2.45, 2.75) is 12.8 Å². The van der Waals surface area contributed by atoms with Crippen molar-refractivity contribution in [3.8, 4) is 0 Å². The van der Waals surface area contributed by atoms with Crippen molar-refractivity contribution in [1.82, 2.24) is 20.0 Å². The Morgan fingerprint density at radius 1 is 1.53 bits per heavy atom. The van der Waals surface area contributed by atoms with Crippen LogP contribution in [0.25, 0.3) is 0 Å². The summed E-state index contributed by atoms with van der Waals surface area (Å²) in [6.07, 6.45) is 4.00. The van der Waals surface area contributed by atoms with E-state index in [9.17, 15) is 4.79 Å². The Labute approximate surface area is 101 Å². The third-order valence-electron chi connectivity index (χ3n) is 4.10. The van der Waals surface area contributed by atoms with Crippen LogP contribution in [-0.4, -0.2) is 46.8 Å². The number of rotatable bonds is 1. The van der Waals surface area contributed by atoms with Crippen LogP contribution in [0.2, 0.25) is 0 Å². The van der Waals surface area contributed by atoms with Crippen molar-refractivity contribution in [3.63, 3.8) is 0 Å². The molecule has 3 rings (SSSR count). The van der Waals surface area contributed by atoms with Gasteiger partial charge in [-0.1, -0.05) is 0 Å². The molecule has 1 aromatic heterocycles. The second-order valence-corrected chi connectivity index (χ2v) is 5.24. The maximum Gasteiger partial charge on any atom is 0.272 e. The van der Waals surface area contributed by atoms with Gasteiger partial charge < -0.3 is 10.2 Å². The summed E-state index contributed by atoms with van der Waals surface area (Å²) in [6, 6.07) is 1.79. The number of nitrogens with one attached hydrogen (secondary N) is 1. The molecule has 2 fully saturated rings. The predicted molar refractivity (Wildman–Crippen MR) is 63.6 cm³/mol. The van der Waals surface area contributed by atoms with Crippen LogP contribution in [0.1, 0.15) is 23.3 Å². The summed E-state index contributed by atoms with van der Waals surface area (Å²) in [6.45, 7) is 3.92. The number of amides is 1. The van der Waals surface area contributed by atoms with E-state index in [-0.39, 0.29) is 5.91 Å². The molecule has 0 saturated carbocycles. The third-order valence-corrected chi connectivity index (χ3v) is 4.10. The van der Waals surface area contributed by atoms with Gasteiger partial charge in [-0.15, -0.1) is 0 Å². The molecule has 1 N–H and O–H groups in total. The summed E-state index contributed by atoms with van der Waals surface area (Å²) in [5, 5.41) is 7.46. The van der Waals surface area contributed by atoms with Gasteiger partial charge in [0, 0.05) is 38.3 Å². The summed E-state index contributed by atoms with van der Waals surface area (Å²) >= 11 is 0. The highest BCUT2D eigenvalue weighted by Crippen LogP contribution is 2.36. The SMILES string of the molecule is Cn1nccc1C(=O)N1CCC2(CCNC2)C1. The normalized spacial score (nSPS) is 28.2. The number of likely N-dealkylation sites (tertiary alicyclic amines) is 1. The van der Waals surface area contributed by atoms with E-state index < -0.39 is 0 Å². The van der Waals surface area contributed by atoms with Crippen LogP contribution in [-0.2, 0) is 7.05 Å². The van der Waals surface area contributed by atoms with E-state index in [1.54, 1.807) is 16.9 Å². The number of nitrogens with zero attached hydrogens (tertiary/aromatic N) is 3. The molecule has 5 nitrogen and oxygen atoms in total. The molecule has 3 heterocycles. The molecule has 1 atom stereocenters. The van der Waals surface area contributed by atoms with E-state index in [0.717, 1.165) is 32.6 Å². The van der Waals surface area contributed by atoms with Gasteiger partial charge in [-0.25, -0.2) is 0 Å². The van der Waals surface area contributed by atoms with Gasteiger partial charge >= 0.3 is 0 Å². The molecule has 0 aromatic carbocycles. The first-order chi connectivity index (χ1) is 8.20. The molecule has 0 aliphatic carbocycles. The second-order valence-electron chi connectivity index (χ2n) is 5.24. The van der Waals surface area contributed by atoms with E-state index in [0.29, 0.717) is 11.1 Å². The van der Waals surface area contributed by atoms with Gasteiger partial charge in [-0.2, -0.15) is 5.10 Å². The molecule has 1 amide bonds. The van der Waals surface area contributed by atoms with Crippen LogP contribution < -0.4 is 5.32 Å². The van der Waals surface area contributed by atoms with E-state index >= 15 is 0 Å². The Hall–Kier alpha value is -1.36. The first kappa shape index (κ1) is 10.8. The standard InChI is InChI=1S/C12H18N4O/c1-15-10(2-5-14-15)11(17)16-7-4-12(9-16)3-6-13-8-12/h2,5,13H,3-4,6-9H2,1H3. The third kappa shape index (κ3) is 1.74. The fraction of sp³-hybridized carbons (Fsp3) is 0.667. The average Bonchev–Trinajstić information content (AvgIpc) is 3.02. The predicted octanol–water partition coefficient (Wildman–Crippen LogP) is 0.246. The minimum Gasteiger partial charge on any atom is -0.337 e. The molecule has 17 heavy (non-hydrogen) atoms. The van der Waals surface area contributed by atoms with Crippen LogP contribution in [0.4, 0.5) is 0 Å². The fourth-order valence-corrected chi connectivity index (χ4v) is 3.00. The smallest absolute Gasteiger partial charge is 0.272 e. The summed E-state index contributed by atoms with van der Waals surface area (Å²) in [5.41, 5.74) is 1.03. The van der Waals surface area contributed by atoms with Crippen molar-refractivity contribution in [3.05, 3.63) is 18.0 Å². The Kier molecular flexibility index (Phi) is 2.43. The maximum atomic E-state index is 12.3. The lowest BCUT2D eigenvalue weighted by atomic mass is 9.87. The second kappa shape index (κ2) is 3.84. The zero-order chi connectivity index (χ0) is 11.9. The topological polar surface area (TPSA) is 50.2 Å². The minimum atomic E-state index is 0.119. The first-order valence-electron chi connectivity index (χ1n) is 6.18. The zero-order valence-electron chi connectivity index (χ0n) is 10.1. The molecule has 1 unspecified atom stereocenters. The number of aryl methyl sites for hydroxylation is 1. The van der Waals surface area contributed by atoms with Crippen LogP contribution in [0.5, 0.6) is 0 Å². The lowest BCUT2D eigenvalue weighted by Crippen LogP contribution is -2.34. The van der Waals surface area contributed by atoms with Gasteiger partial charge in [0.05, 0.1) is 0 Å². The van der Waals surface area contributed by atoms with Gasteiger partial charge in [0.25, 0.3) is 5.91 Å². The van der Waals surface area contributed by atoms with Gasteiger partial charge in [-0.3, -0.25) is 9.48 Å². The number of hydrogen-bond acceptors (Lipinski definition) is 3. The van der Waals surface area contributed by atoms with Crippen LogP contribution in [0.3, 0.4) is 0 Å². The molecule has 2 saturated heterocycles. The molecule has 1 aromatic rings. The molecule has 5 heteroatoms. The molecule has 2 aliphatic rings. The van der Waals surface area contributed by atoms with Crippen molar-refractivity contribution < 1.29 is 4.79 Å². The van der Waals surface area contributed by atoms with Crippen molar-refractivity contribution in [2.75, 3.05) is 26.2 Å². The Morgan fingerprint density at radius 3 is 3.06 bits per heavy atom. The van der Waals surface area contributed by atoms with Gasteiger partial charge in [0.15, 0.2) is 0 Å². The van der Waals surface area contributed by atoms with E-state index in [4.69, 9.17) is 0 Å². The fourth-order valence-electron chi connectivity index (χ4n) is 3.00. The molecule has 0 radical (unpaired) electrons. The van der Waals surface area contributed by atoms with E-state index in [2.05, 4.69) is 10.4 Å². The molecular formula is C12H18N4O. The lowest BCUT2D eigenvalue weighted by Gasteiger charge is -2.22. The van der Waals surface area contributed by atoms with E-state index in [1.165, 1.54) is 6.42 Å². The highest BCUT2D eigenvalue weighted by molar-refractivity contribution is 5.92.